The number of carbonyl (C=O) groups is 3. The standard InChI is InChI=1S/C26H26ClF6N3O6/c1-5-42-24(39)36-13(2)6-20(18-10-17(27)11-19(21(18)36)34-22(37)40-3)35(23(38)41-4)12-14-7-15(25(28,29)30)9-16(8-14)26(31,32)33/h7-11,13,20H,5-6,12H2,1-4H3,(H,34,37)/t13-,20+/m1/s1. The van der Waals surface area contributed by atoms with Crippen molar-refractivity contribution in [3.63, 3.8) is 0 Å². The first-order chi connectivity index (χ1) is 19.5. The average molecular weight is 626 g/mol. The van der Waals surface area contributed by atoms with E-state index in [-0.39, 0.29) is 41.1 Å². The van der Waals surface area contributed by atoms with Gasteiger partial charge in [0.1, 0.15) is 0 Å². The zero-order valence-corrected chi connectivity index (χ0v) is 23.4. The van der Waals surface area contributed by atoms with Crippen LogP contribution in [0.15, 0.2) is 30.3 Å². The van der Waals surface area contributed by atoms with Crippen molar-refractivity contribution in [2.45, 2.75) is 51.2 Å². The Morgan fingerprint density at radius 1 is 1.00 bits per heavy atom. The van der Waals surface area contributed by atoms with E-state index in [0.717, 1.165) is 19.1 Å². The van der Waals surface area contributed by atoms with E-state index in [1.165, 1.54) is 17.0 Å². The minimum absolute atomic E-state index is 0.0143. The zero-order valence-electron chi connectivity index (χ0n) is 22.7. The number of halogens is 7. The smallest absolute Gasteiger partial charge is 0.416 e. The summed E-state index contributed by atoms with van der Waals surface area (Å²) < 4.78 is 95.8. The van der Waals surface area contributed by atoms with Gasteiger partial charge in [-0.2, -0.15) is 26.3 Å². The summed E-state index contributed by atoms with van der Waals surface area (Å²) in [5, 5.41) is 2.45. The molecule has 42 heavy (non-hydrogen) atoms. The number of nitrogens with one attached hydrogen (secondary N) is 1. The van der Waals surface area contributed by atoms with Gasteiger partial charge in [0.25, 0.3) is 0 Å². The minimum atomic E-state index is -5.11. The number of anilines is 2. The lowest BCUT2D eigenvalue weighted by atomic mass is 9.89. The van der Waals surface area contributed by atoms with Crippen LogP contribution in [-0.4, -0.2) is 50.0 Å². The summed E-state index contributed by atoms with van der Waals surface area (Å²) in [4.78, 5) is 40.3. The molecule has 1 aliphatic rings. The average Bonchev–Trinajstić information content (AvgIpc) is 2.90. The number of benzene rings is 2. The van der Waals surface area contributed by atoms with Crippen molar-refractivity contribution in [2.75, 3.05) is 31.0 Å². The van der Waals surface area contributed by atoms with E-state index >= 15 is 0 Å². The van der Waals surface area contributed by atoms with Gasteiger partial charge in [-0.15, -0.1) is 0 Å². The maximum atomic E-state index is 13.5. The van der Waals surface area contributed by atoms with E-state index in [4.69, 9.17) is 21.1 Å². The molecule has 1 heterocycles. The zero-order chi connectivity index (χ0) is 31.6. The first kappa shape index (κ1) is 32.6. The Balaban J connectivity index is 2.24. The first-order valence-electron chi connectivity index (χ1n) is 12.3. The lowest BCUT2D eigenvalue weighted by Crippen LogP contribution is -2.48. The number of methoxy groups -OCH3 is 2. The molecule has 9 nitrogen and oxygen atoms in total. The predicted molar refractivity (Wildman–Crippen MR) is 138 cm³/mol. The van der Waals surface area contributed by atoms with Gasteiger partial charge in [-0.05, 0) is 56.2 Å². The maximum absolute atomic E-state index is 13.5. The highest BCUT2D eigenvalue weighted by Crippen LogP contribution is 2.47. The molecular weight excluding hydrogens is 600 g/mol. The van der Waals surface area contributed by atoms with Crippen LogP contribution in [-0.2, 0) is 33.1 Å². The summed E-state index contributed by atoms with van der Waals surface area (Å²) in [5.74, 6) is 0. The maximum Gasteiger partial charge on any atom is 0.416 e. The van der Waals surface area contributed by atoms with Crippen molar-refractivity contribution < 1.29 is 54.9 Å². The number of fused-ring (bicyclic) bond motifs is 1. The summed E-state index contributed by atoms with van der Waals surface area (Å²) in [6.07, 6.45) is -13.1. The summed E-state index contributed by atoms with van der Waals surface area (Å²) >= 11 is 6.31. The molecule has 1 aliphatic heterocycles. The summed E-state index contributed by atoms with van der Waals surface area (Å²) in [7, 11) is 2.08. The van der Waals surface area contributed by atoms with Crippen LogP contribution in [0.4, 0.5) is 52.1 Å². The molecule has 16 heteroatoms. The van der Waals surface area contributed by atoms with Gasteiger partial charge in [0.2, 0.25) is 0 Å². The van der Waals surface area contributed by atoms with Crippen LogP contribution in [0.1, 0.15) is 48.6 Å². The second-order valence-corrected chi connectivity index (χ2v) is 9.63. The molecule has 0 aliphatic carbocycles. The SMILES string of the molecule is CCOC(=O)N1c2c(NC(=O)OC)cc(Cl)cc2[C@@H](N(Cc2cc(C(F)(F)F)cc(C(F)(F)F)c2)C(=O)OC)C[C@H]1C. The third-order valence-electron chi connectivity index (χ3n) is 6.38. The Bertz CT molecular complexity index is 1320. The summed E-state index contributed by atoms with van der Waals surface area (Å²) in [6, 6.07) is 1.77. The molecule has 230 valence electrons. The second kappa shape index (κ2) is 12.5. The first-order valence-corrected chi connectivity index (χ1v) is 12.7. The van der Waals surface area contributed by atoms with Crippen molar-refractivity contribution in [2.24, 2.45) is 0 Å². The largest absolute Gasteiger partial charge is 0.453 e. The Labute approximate surface area is 241 Å². The monoisotopic (exact) mass is 625 g/mol. The van der Waals surface area contributed by atoms with Crippen LogP contribution < -0.4 is 10.2 Å². The fourth-order valence-corrected chi connectivity index (χ4v) is 4.89. The molecule has 2 aromatic carbocycles. The van der Waals surface area contributed by atoms with Gasteiger partial charge in [0.15, 0.2) is 0 Å². The molecule has 0 bridgehead atoms. The molecule has 0 spiro atoms. The number of hydrogen-bond donors (Lipinski definition) is 1. The van der Waals surface area contributed by atoms with Crippen molar-refractivity contribution in [3.8, 4) is 0 Å². The highest BCUT2D eigenvalue weighted by molar-refractivity contribution is 6.31. The van der Waals surface area contributed by atoms with Crippen LogP contribution in [0.25, 0.3) is 0 Å². The molecule has 0 fully saturated rings. The third-order valence-corrected chi connectivity index (χ3v) is 6.60. The quantitative estimate of drug-likeness (QED) is 0.271. The van der Waals surface area contributed by atoms with Gasteiger partial charge in [-0.1, -0.05) is 11.6 Å². The number of ether oxygens (including phenoxy) is 3. The van der Waals surface area contributed by atoms with Crippen LogP contribution in [0, 0.1) is 0 Å². The van der Waals surface area contributed by atoms with Gasteiger partial charge in [0.05, 0.1) is 49.4 Å². The Morgan fingerprint density at radius 3 is 2.10 bits per heavy atom. The fourth-order valence-electron chi connectivity index (χ4n) is 4.66. The van der Waals surface area contributed by atoms with Crippen molar-refractivity contribution >= 4 is 41.3 Å². The summed E-state index contributed by atoms with van der Waals surface area (Å²) in [5.41, 5.74) is -3.47. The van der Waals surface area contributed by atoms with Gasteiger partial charge < -0.3 is 14.2 Å². The lowest BCUT2D eigenvalue weighted by molar-refractivity contribution is -0.143. The fraction of sp³-hybridized carbons (Fsp3) is 0.423. The number of rotatable bonds is 5. The molecule has 0 aromatic heterocycles. The van der Waals surface area contributed by atoms with Gasteiger partial charge in [-0.3, -0.25) is 15.1 Å². The van der Waals surface area contributed by atoms with E-state index in [2.05, 4.69) is 10.1 Å². The van der Waals surface area contributed by atoms with E-state index in [9.17, 15) is 40.7 Å². The van der Waals surface area contributed by atoms with Crippen molar-refractivity contribution in [3.05, 3.63) is 57.6 Å². The van der Waals surface area contributed by atoms with Crippen LogP contribution in [0.3, 0.4) is 0 Å². The highest BCUT2D eigenvalue weighted by atomic mass is 35.5. The van der Waals surface area contributed by atoms with E-state index in [1.807, 2.05) is 0 Å². The van der Waals surface area contributed by atoms with Crippen LogP contribution >= 0.6 is 11.6 Å². The van der Waals surface area contributed by atoms with Crippen molar-refractivity contribution in [1.82, 2.24) is 4.90 Å². The van der Waals surface area contributed by atoms with Gasteiger partial charge in [-0.25, -0.2) is 14.4 Å². The highest BCUT2D eigenvalue weighted by Gasteiger charge is 2.42. The molecule has 0 saturated heterocycles. The topological polar surface area (TPSA) is 97.4 Å². The predicted octanol–water partition coefficient (Wildman–Crippen LogP) is 7.62. The van der Waals surface area contributed by atoms with Crippen molar-refractivity contribution in [1.29, 1.82) is 0 Å². The Kier molecular flexibility index (Phi) is 9.75. The minimum Gasteiger partial charge on any atom is -0.453 e. The number of alkyl halides is 6. The molecule has 2 atom stereocenters. The molecular formula is C26H26ClF6N3O6. The lowest BCUT2D eigenvalue weighted by Gasteiger charge is -2.43. The van der Waals surface area contributed by atoms with Gasteiger partial charge >= 0.3 is 30.6 Å². The molecule has 3 amide bonds. The van der Waals surface area contributed by atoms with Gasteiger partial charge in [0, 0.05) is 23.2 Å². The number of amides is 3. The molecule has 3 rings (SSSR count). The third kappa shape index (κ3) is 7.12. The molecule has 0 unspecified atom stereocenters. The van der Waals surface area contributed by atoms with E-state index in [0.29, 0.717) is 12.1 Å². The number of hydrogen-bond acceptors (Lipinski definition) is 6. The number of carbonyl (C=O) groups excluding carboxylic acids is 3. The van der Waals surface area contributed by atoms with Crippen LogP contribution in [0.2, 0.25) is 5.02 Å². The normalized spacial score (nSPS) is 16.8. The Morgan fingerprint density at radius 2 is 1.60 bits per heavy atom. The van der Waals surface area contributed by atoms with E-state index < -0.39 is 66.0 Å². The second-order valence-electron chi connectivity index (χ2n) is 9.19. The number of nitrogens with zero attached hydrogens (tertiary/aromatic N) is 2. The summed E-state index contributed by atoms with van der Waals surface area (Å²) in [6.45, 7) is 2.38. The molecule has 2 aromatic rings. The molecule has 0 saturated carbocycles. The molecule has 1 N–H and O–H groups in total. The van der Waals surface area contributed by atoms with E-state index in [1.54, 1.807) is 13.8 Å². The Hall–Kier alpha value is -3.88. The molecule has 0 radical (unpaired) electrons. The van der Waals surface area contributed by atoms with Crippen LogP contribution in [0.5, 0.6) is 0 Å².